The average molecular weight is 290 g/mol. The summed E-state index contributed by atoms with van der Waals surface area (Å²) >= 11 is 1.80. The summed E-state index contributed by atoms with van der Waals surface area (Å²) in [6, 6.07) is 8.13. The SMILES string of the molecule is COC(=O)c1ccc(CNC(C)c2ccc(C)s2)nc1. The van der Waals surface area contributed by atoms with Crippen molar-refractivity contribution in [2.75, 3.05) is 7.11 Å². The van der Waals surface area contributed by atoms with Gasteiger partial charge in [0.2, 0.25) is 0 Å². The van der Waals surface area contributed by atoms with Gasteiger partial charge in [-0.15, -0.1) is 11.3 Å². The molecule has 2 aromatic rings. The average Bonchev–Trinajstić information content (AvgIpc) is 2.91. The van der Waals surface area contributed by atoms with Crippen LogP contribution in [0.3, 0.4) is 0 Å². The highest BCUT2D eigenvalue weighted by Crippen LogP contribution is 2.22. The Morgan fingerprint density at radius 1 is 1.40 bits per heavy atom. The second-order valence-electron chi connectivity index (χ2n) is 4.58. The smallest absolute Gasteiger partial charge is 0.339 e. The number of rotatable bonds is 5. The van der Waals surface area contributed by atoms with Gasteiger partial charge in [-0.3, -0.25) is 4.98 Å². The van der Waals surface area contributed by atoms with E-state index < -0.39 is 0 Å². The molecule has 0 saturated heterocycles. The fraction of sp³-hybridized carbons (Fsp3) is 0.333. The Morgan fingerprint density at radius 3 is 2.75 bits per heavy atom. The number of hydrogen-bond acceptors (Lipinski definition) is 5. The molecule has 0 aromatic carbocycles. The molecular formula is C15H18N2O2S. The van der Waals surface area contributed by atoms with Crippen LogP contribution in [0.1, 0.15) is 38.8 Å². The lowest BCUT2D eigenvalue weighted by Gasteiger charge is -2.11. The molecule has 0 amide bonds. The second kappa shape index (κ2) is 6.63. The molecule has 1 N–H and O–H groups in total. The first kappa shape index (κ1) is 14.7. The molecule has 1 atom stereocenters. The predicted molar refractivity (Wildman–Crippen MR) is 79.9 cm³/mol. The van der Waals surface area contributed by atoms with Gasteiger partial charge in [-0.05, 0) is 38.1 Å². The first-order valence-electron chi connectivity index (χ1n) is 6.43. The van der Waals surface area contributed by atoms with E-state index in [9.17, 15) is 4.79 Å². The molecule has 0 fully saturated rings. The van der Waals surface area contributed by atoms with Gasteiger partial charge in [0, 0.05) is 28.5 Å². The van der Waals surface area contributed by atoms with Crippen molar-refractivity contribution < 1.29 is 9.53 Å². The number of ether oxygens (including phenoxy) is 1. The summed E-state index contributed by atoms with van der Waals surface area (Å²) in [5.74, 6) is -0.362. The highest BCUT2D eigenvalue weighted by Gasteiger charge is 2.08. The third-order valence-corrected chi connectivity index (χ3v) is 4.21. The molecule has 2 aromatic heterocycles. The molecule has 2 rings (SSSR count). The van der Waals surface area contributed by atoms with Crippen LogP contribution in [-0.4, -0.2) is 18.1 Å². The number of carbonyl (C=O) groups is 1. The van der Waals surface area contributed by atoms with E-state index in [4.69, 9.17) is 0 Å². The van der Waals surface area contributed by atoms with Gasteiger partial charge in [0.05, 0.1) is 18.4 Å². The molecular weight excluding hydrogens is 272 g/mol. The van der Waals surface area contributed by atoms with Crippen LogP contribution in [0.4, 0.5) is 0 Å². The Kier molecular flexibility index (Phi) is 4.87. The van der Waals surface area contributed by atoms with Crippen molar-refractivity contribution in [2.45, 2.75) is 26.4 Å². The van der Waals surface area contributed by atoms with Crippen LogP contribution in [0.25, 0.3) is 0 Å². The van der Waals surface area contributed by atoms with E-state index in [-0.39, 0.29) is 12.0 Å². The third-order valence-electron chi connectivity index (χ3n) is 3.02. The van der Waals surface area contributed by atoms with Crippen molar-refractivity contribution in [1.29, 1.82) is 0 Å². The third kappa shape index (κ3) is 3.65. The summed E-state index contributed by atoms with van der Waals surface area (Å²) in [6.45, 7) is 4.90. The van der Waals surface area contributed by atoms with Crippen molar-refractivity contribution >= 4 is 17.3 Å². The van der Waals surface area contributed by atoms with Gasteiger partial charge in [-0.1, -0.05) is 0 Å². The van der Waals surface area contributed by atoms with Crippen molar-refractivity contribution in [3.8, 4) is 0 Å². The highest BCUT2D eigenvalue weighted by atomic mass is 32.1. The fourth-order valence-electron chi connectivity index (χ4n) is 1.81. The van der Waals surface area contributed by atoms with E-state index in [2.05, 4.69) is 41.0 Å². The number of nitrogens with one attached hydrogen (secondary N) is 1. The van der Waals surface area contributed by atoms with E-state index in [0.29, 0.717) is 12.1 Å². The van der Waals surface area contributed by atoms with E-state index >= 15 is 0 Å². The lowest BCUT2D eigenvalue weighted by atomic mass is 10.2. The standard InChI is InChI=1S/C15H18N2O2S/c1-10-4-7-14(20-10)11(2)16-9-13-6-5-12(8-17-13)15(18)19-3/h4-8,11,16H,9H2,1-3H3. The van der Waals surface area contributed by atoms with Crippen LogP contribution < -0.4 is 5.32 Å². The number of methoxy groups -OCH3 is 1. The molecule has 0 spiro atoms. The molecule has 0 aliphatic rings. The Hall–Kier alpha value is -1.72. The molecule has 0 radical (unpaired) electrons. The number of aryl methyl sites for hydroxylation is 1. The maximum atomic E-state index is 11.3. The summed E-state index contributed by atoms with van der Waals surface area (Å²) in [6.07, 6.45) is 1.54. The predicted octanol–water partition coefficient (Wildman–Crippen LogP) is 3.09. The summed E-state index contributed by atoms with van der Waals surface area (Å²) in [5, 5.41) is 3.42. The lowest BCUT2D eigenvalue weighted by molar-refractivity contribution is 0.0600. The second-order valence-corrected chi connectivity index (χ2v) is 5.90. The Morgan fingerprint density at radius 2 is 2.20 bits per heavy atom. The lowest BCUT2D eigenvalue weighted by Crippen LogP contribution is -2.18. The maximum absolute atomic E-state index is 11.3. The number of aromatic nitrogens is 1. The van der Waals surface area contributed by atoms with E-state index in [0.717, 1.165) is 5.69 Å². The van der Waals surface area contributed by atoms with E-state index in [1.807, 2.05) is 6.07 Å². The molecule has 20 heavy (non-hydrogen) atoms. The van der Waals surface area contributed by atoms with Crippen LogP contribution in [-0.2, 0) is 11.3 Å². The van der Waals surface area contributed by atoms with Crippen molar-refractivity contribution in [2.24, 2.45) is 0 Å². The number of thiophene rings is 1. The summed E-state index contributed by atoms with van der Waals surface area (Å²) in [7, 11) is 1.36. The molecule has 0 aliphatic carbocycles. The van der Waals surface area contributed by atoms with Gasteiger partial charge in [0.25, 0.3) is 0 Å². The Labute approximate surface area is 122 Å². The first-order chi connectivity index (χ1) is 9.60. The molecule has 0 saturated carbocycles. The van der Waals surface area contributed by atoms with Crippen LogP contribution in [0, 0.1) is 6.92 Å². The fourth-order valence-corrected chi connectivity index (χ4v) is 2.72. The van der Waals surface area contributed by atoms with E-state index in [1.54, 1.807) is 23.6 Å². The van der Waals surface area contributed by atoms with Gasteiger partial charge in [-0.2, -0.15) is 0 Å². The van der Waals surface area contributed by atoms with Gasteiger partial charge in [-0.25, -0.2) is 4.79 Å². The molecule has 0 bridgehead atoms. The van der Waals surface area contributed by atoms with Crippen LogP contribution >= 0.6 is 11.3 Å². The Bertz CT molecular complexity index is 578. The minimum Gasteiger partial charge on any atom is -0.465 e. The number of carbonyl (C=O) groups excluding carboxylic acids is 1. The van der Waals surface area contributed by atoms with Crippen LogP contribution in [0.5, 0.6) is 0 Å². The molecule has 106 valence electrons. The first-order valence-corrected chi connectivity index (χ1v) is 7.24. The van der Waals surface area contributed by atoms with Gasteiger partial charge in [0.1, 0.15) is 0 Å². The minimum atomic E-state index is -0.362. The maximum Gasteiger partial charge on any atom is 0.339 e. The Balaban J connectivity index is 1.92. The summed E-state index contributed by atoms with van der Waals surface area (Å²) in [4.78, 5) is 18.2. The van der Waals surface area contributed by atoms with E-state index in [1.165, 1.54) is 16.9 Å². The van der Waals surface area contributed by atoms with Crippen molar-refractivity contribution in [1.82, 2.24) is 10.3 Å². The molecule has 1 unspecified atom stereocenters. The largest absolute Gasteiger partial charge is 0.465 e. The zero-order valence-electron chi connectivity index (χ0n) is 11.8. The number of esters is 1. The topological polar surface area (TPSA) is 51.2 Å². The minimum absolute atomic E-state index is 0.288. The normalized spacial score (nSPS) is 12.2. The molecule has 0 aliphatic heterocycles. The van der Waals surface area contributed by atoms with Crippen LogP contribution in [0.15, 0.2) is 30.5 Å². The van der Waals surface area contributed by atoms with Crippen molar-refractivity contribution in [3.05, 3.63) is 51.5 Å². The highest BCUT2D eigenvalue weighted by molar-refractivity contribution is 7.12. The van der Waals surface area contributed by atoms with Gasteiger partial charge in [0.15, 0.2) is 0 Å². The monoisotopic (exact) mass is 290 g/mol. The number of pyridine rings is 1. The molecule has 2 heterocycles. The number of hydrogen-bond donors (Lipinski definition) is 1. The summed E-state index contributed by atoms with van der Waals surface area (Å²) < 4.78 is 4.64. The molecule has 4 nitrogen and oxygen atoms in total. The number of nitrogens with zero attached hydrogens (tertiary/aromatic N) is 1. The summed E-state index contributed by atoms with van der Waals surface area (Å²) in [5.41, 5.74) is 1.37. The van der Waals surface area contributed by atoms with Crippen molar-refractivity contribution in [3.63, 3.8) is 0 Å². The molecule has 5 heteroatoms. The van der Waals surface area contributed by atoms with Gasteiger partial charge >= 0.3 is 5.97 Å². The quantitative estimate of drug-likeness (QED) is 0.860. The zero-order chi connectivity index (χ0) is 14.5. The van der Waals surface area contributed by atoms with Gasteiger partial charge < -0.3 is 10.1 Å². The van der Waals surface area contributed by atoms with Crippen LogP contribution in [0.2, 0.25) is 0 Å². The zero-order valence-corrected chi connectivity index (χ0v) is 12.7.